The predicted molar refractivity (Wildman–Crippen MR) is 96.8 cm³/mol. The Labute approximate surface area is 143 Å². The third-order valence-electron chi connectivity index (χ3n) is 4.24. The number of benzene rings is 3. The lowest BCUT2D eigenvalue weighted by molar-refractivity contribution is -0.0447. The summed E-state index contributed by atoms with van der Waals surface area (Å²) < 4.78 is 0. The van der Waals surface area contributed by atoms with Crippen molar-refractivity contribution in [2.24, 2.45) is 0 Å². The number of hydrogen-bond donors (Lipinski definition) is 2. The Balaban J connectivity index is 1.99. The van der Waals surface area contributed by atoms with Gasteiger partial charge in [0.05, 0.1) is 0 Å². The summed E-state index contributed by atoms with van der Waals surface area (Å²) in [5.41, 5.74) is 4.85. The van der Waals surface area contributed by atoms with E-state index in [2.05, 4.69) is 60.7 Å². The Bertz CT molecular complexity index is 712. The summed E-state index contributed by atoms with van der Waals surface area (Å²) in [6.07, 6.45) is -0.250. The van der Waals surface area contributed by atoms with E-state index < -0.39 is 6.29 Å². The number of aryl methyl sites for hydroxylation is 1. The quantitative estimate of drug-likeness (QED) is 0.530. The van der Waals surface area contributed by atoms with E-state index in [1.165, 1.54) is 16.7 Å². The van der Waals surface area contributed by atoms with Gasteiger partial charge >= 0.3 is 0 Å². The van der Waals surface area contributed by atoms with Crippen LogP contribution in [-0.4, -0.2) is 16.5 Å². The molecule has 0 bridgehead atoms. The molecule has 24 heavy (non-hydrogen) atoms. The molecule has 0 atom stereocenters. The summed E-state index contributed by atoms with van der Waals surface area (Å²) in [7, 11) is 0. The normalized spacial score (nSPS) is 11.2. The van der Waals surface area contributed by atoms with Crippen molar-refractivity contribution in [3.05, 3.63) is 107 Å². The first-order chi connectivity index (χ1) is 11.7. The Kier molecular flexibility index (Phi) is 5.42. The molecule has 122 valence electrons. The Morgan fingerprint density at radius 3 is 1.71 bits per heavy atom. The monoisotopic (exact) mass is 318 g/mol. The standard InChI is InChI=1S/C22H22O2/c23-21(24)15-14-17-8-7-13-20(16-17)22(18-9-3-1-4-10-18)19-11-5-2-6-12-19/h1-13,16,21-24H,14-15H2. The van der Waals surface area contributed by atoms with Gasteiger partial charge in [0.2, 0.25) is 0 Å². The van der Waals surface area contributed by atoms with Gasteiger partial charge in [0, 0.05) is 12.3 Å². The zero-order valence-electron chi connectivity index (χ0n) is 13.5. The highest BCUT2D eigenvalue weighted by Gasteiger charge is 2.16. The molecule has 2 heteroatoms. The van der Waals surface area contributed by atoms with Crippen molar-refractivity contribution < 1.29 is 10.2 Å². The summed E-state index contributed by atoms with van der Waals surface area (Å²) in [5, 5.41) is 18.2. The fourth-order valence-corrected chi connectivity index (χ4v) is 3.09. The molecule has 0 fully saturated rings. The maximum absolute atomic E-state index is 9.10. The van der Waals surface area contributed by atoms with Crippen LogP contribution in [0.3, 0.4) is 0 Å². The number of aliphatic hydroxyl groups excluding tert-OH is 1. The van der Waals surface area contributed by atoms with Crippen LogP contribution < -0.4 is 0 Å². The Hall–Kier alpha value is -2.42. The Morgan fingerprint density at radius 2 is 1.17 bits per heavy atom. The second-order valence-corrected chi connectivity index (χ2v) is 6.02. The largest absolute Gasteiger partial charge is 0.368 e. The van der Waals surface area contributed by atoms with Gasteiger partial charge in [0.1, 0.15) is 0 Å². The smallest absolute Gasteiger partial charge is 0.151 e. The molecule has 0 saturated heterocycles. The molecule has 3 aromatic carbocycles. The first-order valence-corrected chi connectivity index (χ1v) is 8.29. The topological polar surface area (TPSA) is 40.5 Å². The van der Waals surface area contributed by atoms with E-state index in [4.69, 9.17) is 10.2 Å². The third-order valence-corrected chi connectivity index (χ3v) is 4.24. The van der Waals surface area contributed by atoms with Crippen molar-refractivity contribution in [3.63, 3.8) is 0 Å². The van der Waals surface area contributed by atoms with E-state index >= 15 is 0 Å². The molecule has 0 aliphatic heterocycles. The van der Waals surface area contributed by atoms with Crippen molar-refractivity contribution in [2.45, 2.75) is 25.0 Å². The number of rotatable bonds is 6. The van der Waals surface area contributed by atoms with E-state index in [1.54, 1.807) is 0 Å². The fourth-order valence-electron chi connectivity index (χ4n) is 3.09. The van der Waals surface area contributed by atoms with Gasteiger partial charge in [0.15, 0.2) is 6.29 Å². The van der Waals surface area contributed by atoms with Gasteiger partial charge in [0.25, 0.3) is 0 Å². The lowest BCUT2D eigenvalue weighted by Gasteiger charge is -2.19. The molecule has 0 aliphatic carbocycles. The SMILES string of the molecule is OC(O)CCc1cccc(C(c2ccccc2)c2ccccc2)c1. The summed E-state index contributed by atoms with van der Waals surface area (Å²) in [4.78, 5) is 0. The lowest BCUT2D eigenvalue weighted by atomic mass is 9.84. The van der Waals surface area contributed by atoms with Crippen LogP contribution in [0.15, 0.2) is 84.9 Å². The maximum atomic E-state index is 9.10. The second kappa shape index (κ2) is 7.91. The van der Waals surface area contributed by atoms with Crippen molar-refractivity contribution in [3.8, 4) is 0 Å². The molecule has 0 amide bonds. The van der Waals surface area contributed by atoms with Gasteiger partial charge in [-0.2, -0.15) is 0 Å². The molecule has 0 aliphatic rings. The van der Waals surface area contributed by atoms with E-state index in [0.717, 1.165) is 5.56 Å². The van der Waals surface area contributed by atoms with Crippen molar-refractivity contribution in [1.29, 1.82) is 0 Å². The minimum absolute atomic E-state index is 0.173. The van der Waals surface area contributed by atoms with Gasteiger partial charge in [-0.25, -0.2) is 0 Å². The number of aliphatic hydroxyl groups is 2. The van der Waals surface area contributed by atoms with Crippen LogP contribution in [0.2, 0.25) is 0 Å². The highest BCUT2D eigenvalue weighted by atomic mass is 16.5. The van der Waals surface area contributed by atoms with E-state index in [1.807, 2.05) is 24.3 Å². The molecule has 2 N–H and O–H groups in total. The Morgan fingerprint density at radius 1 is 0.625 bits per heavy atom. The van der Waals surface area contributed by atoms with Crippen molar-refractivity contribution in [2.75, 3.05) is 0 Å². The minimum Gasteiger partial charge on any atom is -0.368 e. The van der Waals surface area contributed by atoms with Gasteiger partial charge in [-0.15, -0.1) is 0 Å². The molecule has 0 unspecified atom stereocenters. The van der Waals surface area contributed by atoms with Gasteiger partial charge < -0.3 is 10.2 Å². The second-order valence-electron chi connectivity index (χ2n) is 6.02. The van der Waals surface area contributed by atoms with Gasteiger partial charge in [-0.05, 0) is 28.7 Å². The molecule has 0 aromatic heterocycles. The van der Waals surface area contributed by atoms with Crippen LogP contribution in [0.25, 0.3) is 0 Å². The summed E-state index contributed by atoms with van der Waals surface area (Å²) in [6.45, 7) is 0. The van der Waals surface area contributed by atoms with Crippen LogP contribution in [0.5, 0.6) is 0 Å². The third kappa shape index (κ3) is 4.10. The average molecular weight is 318 g/mol. The van der Waals surface area contributed by atoms with Gasteiger partial charge in [-0.3, -0.25) is 0 Å². The van der Waals surface area contributed by atoms with E-state index in [-0.39, 0.29) is 5.92 Å². The maximum Gasteiger partial charge on any atom is 0.151 e. The molecule has 0 radical (unpaired) electrons. The van der Waals surface area contributed by atoms with Gasteiger partial charge in [-0.1, -0.05) is 84.9 Å². The zero-order valence-corrected chi connectivity index (χ0v) is 13.5. The molecule has 3 rings (SSSR count). The predicted octanol–water partition coefficient (Wildman–Crippen LogP) is 4.11. The molecule has 3 aromatic rings. The van der Waals surface area contributed by atoms with Crippen LogP contribution in [-0.2, 0) is 6.42 Å². The van der Waals surface area contributed by atoms with E-state index in [9.17, 15) is 0 Å². The molecule has 0 heterocycles. The lowest BCUT2D eigenvalue weighted by Crippen LogP contribution is -2.07. The van der Waals surface area contributed by atoms with Crippen LogP contribution in [0.1, 0.15) is 34.6 Å². The van der Waals surface area contributed by atoms with Crippen LogP contribution in [0.4, 0.5) is 0 Å². The molecule has 0 saturated carbocycles. The summed E-state index contributed by atoms with van der Waals surface area (Å²) in [6, 6.07) is 29.4. The summed E-state index contributed by atoms with van der Waals surface area (Å²) in [5.74, 6) is 0.173. The van der Waals surface area contributed by atoms with Crippen molar-refractivity contribution >= 4 is 0 Å². The first-order valence-electron chi connectivity index (χ1n) is 8.29. The highest BCUT2D eigenvalue weighted by Crippen LogP contribution is 2.32. The highest BCUT2D eigenvalue weighted by molar-refractivity contribution is 5.44. The summed E-state index contributed by atoms with van der Waals surface area (Å²) >= 11 is 0. The molecule has 0 spiro atoms. The van der Waals surface area contributed by atoms with Crippen molar-refractivity contribution in [1.82, 2.24) is 0 Å². The zero-order chi connectivity index (χ0) is 16.8. The molecule has 2 nitrogen and oxygen atoms in total. The van der Waals surface area contributed by atoms with Crippen LogP contribution >= 0.6 is 0 Å². The molecular weight excluding hydrogens is 296 g/mol. The average Bonchev–Trinajstić information content (AvgIpc) is 2.62. The van der Waals surface area contributed by atoms with Crippen LogP contribution in [0, 0.1) is 0 Å². The minimum atomic E-state index is -1.26. The van der Waals surface area contributed by atoms with E-state index in [0.29, 0.717) is 12.8 Å². The first kappa shape index (κ1) is 16.4. The fraction of sp³-hybridized carbons (Fsp3) is 0.182. The number of hydrogen-bond acceptors (Lipinski definition) is 2. The molecular formula is C22H22O2.